The van der Waals surface area contributed by atoms with Crippen molar-refractivity contribution in [3.63, 3.8) is 0 Å². The van der Waals surface area contributed by atoms with Gasteiger partial charge in [-0.1, -0.05) is 0 Å². The fourth-order valence-electron chi connectivity index (χ4n) is 3.45. The average Bonchev–Trinajstić information content (AvgIpc) is 3.27. The lowest BCUT2D eigenvalue weighted by Gasteiger charge is -2.26. The van der Waals surface area contributed by atoms with Gasteiger partial charge in [-0.25, -0.2) is 9.78 Å². The van der Waals surface area contributed by atoms with Crippen molar-refractivity contribution < 1.29 is 19.1 Å². The monoisotopic (exact) mass is 429 g/mol. The van der Waals surface area contributed by atoms with Crippen LogP contribution in [0.5, 0.6) is 0 Å². The molecule has 10 heteroatoms. The second-order valence-electron chi connectivity index (χ2n) is 7.09. The number of anilines is 1. The molecule has 0 aliphatic carbocycles. The number of thiophene rings is 1. The molecular formula is C20H23N5O4S. The highest BCUT2D eigenvalue weighted by molar-refractivity contribution is 7.21. The Morgan fingerprint density at radius 2 is 2.07 bits per heavy atom. The molecule has 0 saturated carbocycles. The maximum absolute atomic E-state index is 12.8. The van der Waals surface area contributed by atoms with Crippen molar-refractivity contribution >= 4 is 39.1 Å². The molecule has 1 N–H and O–H groups in total. The highest BCUT2D eigenvalue weighted by Gasteiger charge is 2.24. The number of pyridine rings is 1. The summed E-state index contributed by atoms with van der Waals surface area (Å²) in [4.78, 5) is 33.2. The number of carbonyl (C=O) groups is 2. The molecule has 3 aromatic heterocycles. The second-order valence-corrected chi connectivity index (χ2v) is 8.09. The van der Waals surface area contributed by atoms with Crippen molar-refractivity contribution in [2.45, 2.75) is 13.5 Å². The number of aryl methyl sites for hydroxylation is 2. The number of fused-ring (bicyclic) bond motifs is 1. The molecule has 0 aromatic carbocycles. The molecule has 4 heterocycles. The minimum atomic E-state index is -0.510. The van der Waals surface area contributed by atoms with Gasteiger partial charge in [-0.3, -0.25) is 14.4 Å². The molecule has 0 atom stereocenters. The van der Waals surface area contributed by atoms with Gasteiger partial charge in [-0.15, -0.1) is 11.3 Å². The number of aromatic nitrogens is 3. The third-order valence-corrected chi connectivity index (χ3v) is 6.03. The molecule has 158 valence electrons. The van der Waals surface area contributed by atoms with Crippen molar-refractivity contribution in [3.8, 4) is 0 Å². The molecule has 0 radical (unpaired) electrons. The highest BCUT2D eigenvalue weighted by Crippen LogP contribution is 2.36. The molecule has 0 unspecified atom stereocenters. The van der Waals surface area contributed by atoms with E-state index in [2.05, 4.69) is 15.3 Å². The fraction of sp³-hybridized carbons (Fsp3) is 0.400. The number of rotatable bonds is 5. The number of hydrogen-bond donors (Lipinski definition) is 1. The van der Waals surface area contributed by atoms with Crippen molar-refractivity contribution in [3.05, 3.63) is 40.2 Å². The predicted octanol–water partition coefficient (Wildman–Crippen LogP) is 2.21. The molecule has 1 fully saturated rings. The summed E-state index contributed by atoms with van der Waals surface area (Å²) < 4.78 is 11.8. The molecule has 3 aromatic rings. The lowest BCUT2D eigenvalue weighted by atomic mass is 10.2. The van der Waals surface area contributed by atoms with Crippen LogP contribution in [0.1, 0.15) is 31.5 Å². The number of amides is 1. The summed E-state index contributed by atoms with van der Waals surface area (Å²) in [5.41, 5.74) is 2.46. The molecule has 1 aliphatic heterocycles. The van der Waals surface area contributed by atoms with E-state index < -0.39 is 5.97 Å². The summed E-state index contributed by atoms with van der Waals surface area (Å²) in [5, 5.41) is 7.78. The van der Waals surface area contributed by atoms with E-state index in [1.54, 1.807) is 13.1 Å². The normalized spacial score (nSPS) is 14.8. The SMILES string of the molecule is COC(=O)c1sc2nc(CN3CCOCC3)ccc2c1NC(=O)c1cc(C)nn1C. The summed E-state index contributed by atoms with van der Waals surface area (Å²) in [6.07, 6.45) is 0. The van der Waals surface area contributed by atoms with Crippen LogP contribution in [0.4, 0.5) is 5.69 Å². The Balaban J connectivity index is 1.67. The first-order valence-electron chi connectivity index (χ1n) is 9.59. The van der Waals surface area contributed by atoms with E-state index in [0.29, 0.717) is 33.0 Å². The molecule has 1 aliphatic rings. The van der Waals surface area contributed by atoms with Gasteiger partial charge in [0.05, 0.1) is 37.4 Å². The molecule has 0 bridgehead atoms. The van der Waals surface area contributed by atoms with Crippen LogP contribution >= 0.6 is 11.3 Å². The smallest absolute Gasteiger partial charge is 0.350 e. The first-order chi connectivity index (χ1) is 14.5. The van der Waals surface area contributed by atoms with E-state index in [1.807, 2.05) is 19.1 Å². The highest BCUT2D eigenvalue weighted by atomic mass is 32.1. The summed E-state index contributed by atoms with van der Waals surface area (Å²) >= 11 is 1.21. The maximum Gasteiger partial charge on any atom is 0.350 e. The van der Waals surface area contributed by atoms with E-state index in [9.17, 15) is 9.59 Å². The molecule has 4 rings (SSSR count). The lowest BCUT2D eigenvalue weighted by Crippen LogP contribution is -2.35. The number of hydrogen-bond acceptors (Lipinski definition) is 8. The van der Waals surface area contributed by atoms with Gasteiger partial charge in [0, 0.05) is 32.1 Å². The van der Waals surface area contributed by atoms with Gasteiger partial charge in [0.1, 0.15) is 15.4 Å². The van der Waals surface area contributed by atoms with Crippen molar-refractivity contribution in [2.75, 3.05) is 38.7 Å². The van der Waals surface area contributed by atoms with Crippen LogP contribution in [0.15, 0.2) is 18.2 Å². The fourth-order valence-corrected chi connectivity index (χ4v) is 4.52. The summed E-state index contributed by atoms with van der Waals surface area (Å²) in [6.45, 7) is 5.69. The minimum absolute atomic E-state index is 0.316. The topological polar surface area (TPSA) is 98.6 Å². The summed E-state index contributed by atoms with van der Waals surface area (Å²) in [6, 6.07) is 5.51. The van der Waals surface area contributed by atoms with Crippen LogP contribution < -0.4 is 5.32 Å². The Morgan fingerprint density at radius 3 is 2.73 bits per heavy atom. The van der Waals surface area contributed by atoms with E-state index in [-0.39, 0.29) is 5.91 Å². The summed E-state index contributed by atoms with van der Waals surface area (Å²) in [5.74, 6) is -0.857. The van der Waals surface area contributed by atoms with Gasteiger partial charge >= 0.3 is 5.97 Å². The predicted molar refractivity (Wildman–Crippen MR) is 113 cm³/mol. The zero-order chi connectivity index (χ0) is 21.3. The van der Waals surface area contributed by atoms with Crippen molar-refractivity contribution in [2.24, 2.45) is 7.05 Å². The number of methoxy groups -OCH3 is 1. The van der Waals surface area contributed by atoms with Crippen LogP contribution in [0, 0.1) is 6.92 Å². The van der Waals surface area contributed by atoms with Gasteiger partial charge < -0.3 is 14.8 Å². The Bertz CT molecular complexity index is 1100. The number of carbonyl (C=O) groups excluding carboxylic acids is 2. The molecule has 1 saturated heterocycles. The van der Waals surface area contributed by atoms with Gasteiger partial charge in [-0.05, 0) is 25.1 Å². The second kappa shape index (κ2) is 8.50. The van der Waals surface area contributed by atoms with E-state index in [0.717, 1.165) is 37.7 Å². The zero-order valence-corrected chi connectivity index (χ0v) is 17.9. The maximum atomic E-state index is 12.8. The van der Waals surface area contributed by atoms with Gasteiger partial charge in [0.15, 0.2) is 0 Å². The van der Waals surface area contributed by atoms with Crippen molar-refractivity contribution in [1.29, 1.82) is 0 Å². The van der Waals surface area contributed by atoms with Crippen LogP contribution in [-0.4, -0.2) is 65.0 Å². The molecule has 1 amide bonds. The largest absolute Gasteiger partial charge is 0.465 e. The Morgan fingerprint density at radius 1 is 1.30 bits per heavy atom. The number of esters is 1. The lowest BCUT2D eigenvalue weighted by molar-refractivity contribution is 0.0337. The third-order valence-electron chi connectivity index (χ3n) is 4.95. The van der Waals surface area contributed by atoms with Gasteiger partial charge in [0.25, 0.3) is 5.91 Å². The van der Waals surface area contributed by atoms with E-state index in [1.165, 1.54) is 23.1 Å². The quantitative estimate of drug-likeness (QED) is 0.621. The van der Waals surface area contributed by atoms with Gasteiger partial charge in [-0.2, -0.15) is 5.10 Å². The Kier molecular flexibility index (Phi) is 5.80. The number of ether oxygens (including phenoxy) is 2. The number of nitrogens with zero attached hydrogens (tertiary/aromatic N) is 4. The van der Waals surface area contributed by atoms with E-state index >= 15 is 0 Å². The summed E-state index contributed by atoms with van der Waals surface area (Å²) in [7, 11) is 3.02. The zero-order valence-electron chi connectivity index (χ0n) is 17.1. The molecule has 0 spiro atoms. The van der Waals surface area contributed by atoms with Crippen LogP contribution in [-0.2, 0) is 23.1 Å². The van der Waals surface area contributed by atoms with Crippen LogP contribution in [0.3, 0.4) is 0 Å². The third kappa shape index (κ3) is 4.07. The molecule has 9 nitrogen and oxygen atoms in total. The average molecular weight is 430 g/mol. The van der Waals surface area contributed by atoms with Crippen LogP contribution in [0.2, 0.25) is 0 Å². The number of nitrogens with one attached hydrogen (secondary N) is 1. The number of morpholine rings is 1. The van der Waals surface area contributed by atoms with Crippen molar-refractivity contribution in [1.82, 2.24) is 19.7 Å². The first kappa shape index (κ1) is 20.5. The Labute approximate surface area is 177 Å². The molecular weight excluding hydrogens is 406 g/mol. The van der Waals surface area contributed by atoms with Gasteiger partial charge in [0.2, 0.25) is 0 Å². The molecule has 30 heavy (non-hydrogen) atoms. The van der Waals surface area contributed by atoms with E-state index in [4.69, 9.17) is 14.5 Å². The first-order valence-corrected chi connectivity index (χ1v) is 10.4. The standard InChI is InChI=1S/C20H23N5O4S/c1-12-10-15(24(2)23-12)18(26)22-16-14-5-4-13(11-25-6-8-29-9-7-25)21-19(14)30-17(16)20(27)28-3/h4-5,10H,6-9,11H2,1-3H3,(H,22,26). The minimum Gasteiger partial charge on any atom is -0.465 e. The Hall–Kier alpha value is -2.82. The van der Waals surface area contributed by atoms with Crippen LogP contribution in [0.25, 0.3) is 10.2 Å².